The van der Waals surface area contributed by atoms with Gasteiger partial charge in [-0.3, -0.25) is 9.69 Å². The molecule has 1 aliphatic rings. The zero-order valence-corrected chi connectivity index (χ0v) is 9.76. The van der Waals surface area contributed by atoms with Gasteiger partial charge in [0.1, 0.15) is 0 Å². The van der Waals surface area contributed by atoms with Crippen molar-refractivity contribution in [2.45, 2.75) is 38.3 Å². The Labute approximate surface area is 96.0 Å². The fourth-order valence-electron chi connectivity index (χ4n) is 1.68. The van der Waals surface area contributed by atoms with E-state index in [9.17, 15) is 9.90 Å². The van der Waals surface area contributed by atoms with Crippen LogP contribution in [0.1, 0.15) is 26.2 Å². The van der Waals surface area contributed by atoms with Crippen LogP contribution in [0.15, 0.2) is 0 Å². The minimum atomic E-state index is -0.787. The van der Waals surface area contributed by atoms with Gasteiger partial charge in [0, 0.05) is 25.7 Å². The van der Waals surface area contributed by atoms with Gasteiger partial charge < -0.3 is 14.9 Å². The molecule has 0 radical (unpaired) electrons. The van der Waals surface area contributed by atoms with Crippen molar-refractivity contribution < 1.29 is 19.7 Å². The van der Waals surface area contributed by atoms with Crippen molar-refractivity contribution in [3.05, 3.63) is 0 Å². The highest BCUT2D eigenvalue weighted by Crippen LogP contribution is 2.26. The van der Waals surface area contributed by atoms with Crippen molar-refractivity contribution in [3.63, 3.8) is 0 Å². The lowest BCUT2D eigenvalue weighted by Gasteiger charge is -2.24. The van der Waals surface area contributed by atoms with Gasteiger partial charge in [-0.15, -0.1) is 0 Å². The Bertz CT molecular complexity index is 218. The van der Waals surface area contributed by atoms with Gasteiger partial charge in [-0.1, -0.05) is 0 Å². The van der Waals surface area contributed by atoms with Crippen LogP contribution >= 0.6 is 0 Å². The summed E-state index contributed by atoms with van der Waals surface area (Å²) >= 11 is 0. The highest BCUT2D eigenvalue weighted by Gasteiger charge is 2.30. The zero-order chi connectivity index (χ0) is 12.0. The number of aliphatic hydroxyl groups is 1. The second kappa shape index (κ2) is 6.83. The molecule has 1 unspecified atom stereocenters. The van der Waals surface area contributed by atoms with E-state index >= 15 is 0 Å². The number of aliphatic hydroxyl groups excluding tert-OH is 1. The summed E-state index contributed by atoms with van der Waals surface area (Å²) in [4.78, 5) is 12.5. The smallest absolute Gasteiger partial charge is 0.304 e. The van der Waals surface area contributed by atoms with E-state index < -0.39 is 12.1 Å². The molecule has 0 aromatic carbocycles. The van der Waals surface area contributed by atoms with E-state index in [0.717, 1.165) is 12.8 Å². The molecular weight excluding hydrogens is 210 g/mol. The molecule has 1 aliphatic carbocycles. The Morgan fingerprint density at radius 1 is 1.56 bits per heavy atom. The molecule has 5 nitrogen and oxygen atoms in total. The first-order valence-corrected chi connectivity index (χ1v) is 5.85. The molecule has 2 N–H and O–H groups in total. The van der Waals surface area contributed by atoms with Gasteiger partial charge in [-0.25, -0.2) is 0 Å². The molecular formula is C11H21NO4. The van der Waals surface area contributed by atoms with E-state index in [4.69, 9.17) is 9.84 Å². The predicted molar refractivity (Wildman–Crippen MR) is 59.3 cm³/mol. The quantitative estimate of drug-likeness (QED) is 0.598. The number of carbonyl (C=O) groups is 1. The second-order valence-electron chi connectivity index (χ2n) is 4.18. The molecule has 0 bridgehead atoms. The van der Waals surface area contributed by atoms with E-state index in [1.165, 1.54) is 0 Å². The van der Waals surface area contributed by atoms with Gasteiger partial charge in [-0.2, -0.15) is 0 Å². The summed E-state index contributed by atoms with van der Waals surface area (Å²) in [6.45, 7) is 3.83. The molecule has 16 heavy (non-hydrogen) atoms. The molecule has 0 spiro atoms. The lowest BCUT2D eigenvalue weighted by atomic mass is 10.3. The molecule has 0 amide bonds. The monoisotopic (exact) mass is 231 g/mol. The Hall–Kier alpha value is -0.650. The third-order valence-corrected chi connectivity index (χ3v) is 2.64. The van der Waals surface area contributed by atoms with Crippen LogP contribution in [0.4, 0.5) is 0 Å². The van der Waals surface area contributed by atoms with Crippen molar-refractivity contribution in [1.82, 2.24) is 4.90 Å². The lowest BCUT2D eigenvalue weighted by Crippen LogP contribution is -2.37. The maximum Gasteiger partial charge on any atom is 0.304 e. The van der Waals surface area contributed by atoms with Crippen LogP contribution in [0, 0.1) is 0 Å². The van der Waals surface area contributed by atoms with E-state index in [1.807, 2.05) is 6.92 Å². The molecule has 5 heteroatoms. The van der Waals surface area contributed by atoms with Gasteiger partial charge in [0.05, 0.1) is 19.1 Å². The third kappa shape index (κ3) is 5.44. The Balaban J connectivity index is 2.24. The summed E-state index contributed by atoms with van der Waals surface area (Å²) in [7, 11) is 0. The number of hydrogen-bond donors (Lipinski definition) is 2. The average molecular weight is 231 g/mol. The van der Waals surface area contributed by atoms with Crippen LogP contribution in [0.25, 0.3) is 0 Å². The predicted octanol–water partition coefficient (Wildman–Crippen LogP) is 0.323. The molecule has 1 atom stereocenters. The van der Waals surface area contributed by atoms with Crippen molar-refractivity contribution in [2.75, 3.05) is 26.3 Å². The minimum absolute atomic E-state index is 0.137. The Kier molecular flexibility index (Phi) is 5.73. The second-order valence-corrected chi connectivity index (χ2v) is 4.18. The summed E-state index contributed by atoms with van der Waals surface area (Å²) < 4.78 is 5.13. The van der Waals surface area contributed by atoms with E-state index in [2.05, 4.69) is 4.90 Å². The van der Waals surface area contributed by atoms with Crippen LogP contribution in [0.5, 0.6) is 0 Å². The van der Waals surface area contributed by atoms with E-state index in [0.29, 0.717) is 32.3 Å². The zero-order valence-electron chi connectivity index (χ0n) is 9.76. The molecule has 1 fully saturated rings. The maximum atomic E-state index is 10.5. The van der Waals surface area contributed by atoms with Crippen LogP contribution < -0.4 is 0 Å². The first-order chi connectivity index (χ1) is 7.63. The Morgan fingerprint density at radius 2 is 2.25 bits per heavy atom. The van der Waals surface area contributed by atoms with Gasteiger partial charge in [-0.05, 0) is 19.8 Å². The van der Waals surface area contributed by atoms with Gasteiger partial charge in [0.25, 0.3) is 0 Å². The van der Waals surface area contributed by atoms with Crippen LogP contribution in [0.3, 0.4) is 0 Å². The molecule has 0 aliphatic heterocycles. The SMILES string of the molecule is CCOCC(O)CN(CCC(=O)O)C1CC1. The van der Waals surface area contributed by atoms with E-state index in [1.54, 1.807) is 0 Å². The summed E-state index contributed by atoms with van der Waals surface area (Å²) in [5.41, 5.74) is 0. The van der Waals surface area contributed by atoms with Crippen molar-refractivity contribution in [1.29, 1.82) is 0 Å². The molecule has 1 saturated carbocycles. The number of carboxylic acid groups (broad SMARTS) is 1. The number of nitrogens with zero attached hydrogens (tertiary/aromatic N) is 1. The molecule has 1 rings (SSSR count). The number of carboxylic acids is 1. The van der Waals surface area contributed by atoms with Gasteiger partial charge in [0.2, 0.25) is 0 Å². The van der Waals surface area contributed by atoms with Gasteiger partial charge >= 0.3 is 5.97 Å². The van der Waals surface area contributed by atoms with Crippen molar-refractivity contribution in [3.8, 4) is 0 Å². The summed E-state index contributed by atoms with van der Waals surface area (Å²) in [6.07, 6.45) is 1.84. The fourth-order valence-corrected chi connectivity index (χ4v) is 1.68. The van der Waals surface area contributed by atoms with E-state index in [-0.39, 0.29) is 6.42 Å². The van der Waals surface area contributed by atoms with Crippen LogP contribution in [0.2, 0.25) is 0 Å². The minimum Gasteiger partial charge on any atom is -0.481 e. The summed E-state index contributed by atoms with van der Waals surface area (Å²) in [5.74, 6) is -0.787. The lowest BCUT2D eigenvalue weighted by molar-refractivity contribution is -0.137. The van der Waals surface area contributed by atoms with Crippen molar-refractivity contribution in [2.24, 2.45) is 0 Å². The van der Waals surface area contributed by atoms with Gasteiger partial charge in [0.15, 0.2) is 0 Å². The molecule has 0 aromatic rings. The molecule has 0 aromatic heterocycles. The third-order valence-electron chi connectivity index (χ3n) is 2.64. The molecule has 94 valence electrons. The van der Waals surface area contributed by atoms with Crippen LogP contribution in [-0.2, 0) is 9.53 Å². The Morgan fingerprint density at radius 3 is 2.75 bits per heavy atom. The topological polar surface area (TPSA) is 70.0 Å². The largest absolute Gasteiger partial charge is 0.481 e. The van der Waals surface area contributed by atoms with Crippen molar-refractivity contribution >= 4 is 5.97 Å². The molecule has 0 heterocycles. The highest BCUT2D eigenvalue weighted by atomic mass is 16.5. The maximum absolute atomic E-state index is 10.5. The number of ether oxygens (including phenoxy) is 1. The van der Waals surface area contributed by atoms with Crippen LogP contribution in [-0.4, -0.2) is 59.5 Å². The molecule has 0 saturated heterocycles. The number of rotatable bonds is 9. The highest BCUT2D eigenvalue weighted by molar-refractivity contribution is 5.66. The number of aliphatic carboxylic acids is 1. The number of hydrogen-bond acceptors (Lipinski definition) is 4. The fraction of sp³-hybridized carbons (Fsp3) is 0.909. The first kappa shape index (κ1) is 13.4. The standard InChI is InChI=1S/C11H21NO4/c1-2-16-8-10(13)7-12(9-3-4-9)6-5-11(14)15/h9-10,13H,2-8H2,1H3,(H,14,15). The first-order valence-electron chi connectivity index (χ1n) is 5.85. The summed E-state index contributed by atoms with van der Waals surface area (Å²) in [5, 5.41) is 18.3. The summed E-state index contributed by atoms with van der Waals surface area (Å²) in [6, 6.07) is 0.468. The normalized spacial score (nSPS) is 17.7. The average Bonchev–Trinajstić information content (AvgIpc) is 3.04.